The molecule has 0 bridgehead atoms. The van der Waals surface area contributed by atoms with Gasteiger partial charge in [-0.25, -0.2) is 0 Å². The number of hydrogen-bond acceptors (Lipinski definition) is 2. The number of alkyl halides is 3. The third kappa shape index (κ3) is 3.23. The second-order valence-electron chi connectivity index (χ2n) is 4.97. The second-order valence-corrected chi connectivity index (χ2v) is 5.35. The van der Waals surface area contributed by atoms with E-state index in [0.29, 0.717) is 5.69 Å². The molecule has 2 rings (SSSR count). The maximum absolute atomic E-state index is 12.9. The van der Waals surface area contributed by atoms with Gasteiger partial charge in [0.25, 0.3) is 0 Å². The fourth-order valence-electron chi connectivity index (χ4n) is 2.06. The highest BCUT2D eigenvalue weighted by Gasteiger charge is 2.43. The van der Waals surface area contributed by atoms with Gasteiger partial charge in [0.2, 0.25) is 5.91 Å². The minimum absolute atomic E-state index is 0.0595. The van der Waals surface area contributed by atoms with Crippen LogP contribution in [0.15, 0.2) is 12.7 Å². The van der Waals surface area contributed by atoms with E-state index in [9.17, 15) is 18.0 Å². The predicted molar refractivity (Wildman–Crippen MR) is 72.1 cm³/mol. The number of amides is 1. The number of hydrogen-bond donors (Lipinski definition) is 1. The van der Waals surface area contributed by atoms with E-state index in [1.807, 2.05) is 0 Å². The normalized spacial score (nSPS) is 16.6. The Bertz CT molecular complexity index is 564. The van der Waals surface area contributed by atoms with Crippen LogP contribution in [0.25, 0.3) is 0 Å². The fourth-order valence-corrected chi connectivity index (χ4v) is 2.44. The van der Waals surface area contributed by atoms with Gasteiger partial charge in [0, 0.05) is 12.5 Å². The van der Waals surface area contributed by atoms with Crippen LogP contribution in [0.5, 0.6) is 0 Å². The molecule has 1 aromatic heterocycles. The molecule has 21 heavy (non-hydrogen) atoms. The van der Waals surface area contributed by atoms with Crippen LogP contribution in [0.4, 0.5) is 13.2 Å². The highest BCUT2D eigenvalue weighted by molar-refractivity contribution is 6.32. The third-order valence-corrected chi connectivity index (χ3v) is 3.66. The topological polar surface area (TPSA) is 46.9 Å². The molecule has 1 aromatic rings. The van der Waals surface area contributed by atoms with Crippen molar-refractivity contribution < 1.29 is 18.0 Å². The van der Waals surface area contributed by atoms with Gasteiger partial charge in [-0.1, -0.05) is 17.7 Å². The summed E-state index contributed by atoms with van der Waals surface area (Å²) in [5.74, 6) is -0.486. The van der Waals surface area contributed by atoms with Crippen LogP contribution < -0.4 is 5.32 Å². The zero-order valence-electron chi connectivity index (χ0n) is 11.4. The molecule has 116 valence electrons. The lowest BCUT2D eigenvalue weighted by atomic mass is 10.2. The Morgan fingerprint density at radius 2 is 2.24 bits per heavy atom. The van der Waals surface area contributed by atoms with Crippen molar-refractivity contribution in [2.24, 2.45) is 0 Å². The van der Waals surface area contributed by atoms with E-state index in [0.717, 1.165) is 17.5 Å². The van der Waals surface area contributed by atoms with Crippen molar-refractivity contribution >= 4 is 17.5 Å². The number of aromatic nitrogens is 2. The standard InChI is InChI=1S/C13H15ClF3N3O/c1-3-6-18-12(21)7(2)20-10(8-4-5-8)9(14)11(19-20)13(15,16)17/h3,7-8H,1,4-6H2,2H3,(H,18,21). The SMILES string of the molecule is C=CCNC(=O)C(C)n1nc(C(F)(F)F)c(Cl)c1C1CC1. The van der Waals surface area contributed by atoms with Gasteiger partial charge in [-0.3, -0.25) is 9.48 Å². The molecule has 1 amide bonds. The number of halogens is 4. The first-order chi connectivity index (χ1) is 9.77. The number of rotatable bonds is 5. The molecular weight excluding hydrogens is 307 g/mol. The molecule has 8 heteroatoms. The lowest BCUT2D eigenvalue weighted by Crippen LogP contribution is -2.32. The largest absolute Gasteiger partial charge is 0.436 e. The Hall–Kier alpha value is -1.50. The highest BCUT2D eigenvalue weighted by Crippen LogP contribution is 2.47. The molecule has 1 aliphatic carbocycles. The lowest BCUT2D eigenvalue weighted by Gasteiger charge is -2.15. The molecule has 4 nitrogen and oxygen atoms in total. The van der Waals surface area contributed by atoms with Crippen molar-refractivity contribution in [1.82, 2.24) is 15.1 Å². The average molecular weight is 322 g/mol. The van der Waals surface area contributed by atoms with E-state index >= 15 is 0 Å². The van der Waals surface area contributed by atoms with Gasteiger partial charge in [0.05, 0.1) is 10.7 Å². The molecule has 0 aliphatic heterocycles. The van der Waals surface area contributed by atoms with E-state index in [4.69, 9.17) is 11.6 Å². The maximum Gasteiger partial charge on any atom is 0.436 e. The van der Waals surface area contributed by atoms with Crippen molar-refractivity contribution in [2.45, 2.75) is 37.9 Å². The molecule has 1 aliphatic rings. The first-order valence-electron chi connectivity index (χ1n) is 6.51. The minimum atomic E-state index is -4.64. The predicted octanol–water partition coefficient (Wildman–Crippen LogP) is 3.30. The molecule has 0 aromatic carbocycles. The van der Waals surface area contributed by atoms with E-state index in [-0.39, 0.29) is 12.5 Å². The quantitative estimate of drug-likeness (QED) is 0.846. The monoisotopic (exact) mass is 321 g/mol. The van der Waals surface area contributed by atoms with E-state index in [2.05, 4.69) is 17.0 Å². The number of carbonyl (C=O) groups excluding carboxylic acids is 1. The Balaban J connectivity index is 2.38. The Morgan fingerprint density at radius 1 is 1.62 bits per heavy atom. The molecule has 1 heterocycles. The molecule has 1 atom stereocenters. The Kier molecular flexibility index (Phi) is 4.32. The van der Waals surface area contributed by atoms with Gasteiger partial charge in [-0.15, -0.1) is 6.58 Å². The van der Waals surface area contributed by atoms with Crippen LogP contribution in [0.2, 0.25) is 5.02 Å². The van der Waals surface area contributed by atoms with Gasteiger partial charge in [-0.2, -0.15) is 18.3 Å². The number of nitrogens with one attached hydrogen (secondary N) is 1. The summed E-state index contributed by atoms with van der Waals surface area (Å²) in [5.41, 5.74) is -0.834. The maximum atomic E-state index is 12.9. The molecule has 1 fully saturated rings. The summed E-state index contributed by atoms with van der Waals surface area (Å²) in [5, 5.41) is 5.69. The van der Waals surface area contributed by atoms with Crippen LogP contribution in [-0.2, 0) is 11.0 Å². The second kappa shape index (κ2) is 5.71. The van der Waals surface area contributed by atoms with Crippen LogP contribution >= 0.6 is 11.6 Å². The van der Waals surface area contributed by atoms with E-state index in [1.54, 1.807) is 0 Å². The van der Waals surface area contributed by atoms with Gasteiger partial charge < -0.3 is 5.32 Å². The van der Waals surface area contributed by atoms with E-state index < -0.39 is 28.8 Å². The summed E-state index contributed by atoms with van der Waals surface area (Å²) in [6.45, 7) is 5.20. The summed E-state index contributed by atoms with van der Waals surface area (Å²) in [4.78, 5) is 11.9. The van der Waals surface area contributed by atoms with Crippen LogP contribution in [0, 0.1) is 0 Å². The molecular formula is C13H15ClF3N3O. The first kappa shape index (κ1) is 15.9. The fraction of sp³-hybridized carbons (Fsp3) is 0.538. The van der Waals surface area contributed by atoms with Crippen molar-refractivity contribution in [3.8, 4) is 0 Å². The third-order valence-electron chi connectivity index (χ3n) is 3.29. The van der Waals surface area contributed by atoms with Crippen molar-refractivity contribution in [3.05, 3.63) is 29.1 Å². The Morgan fingerprint density at radius 3 is 2.71 bits per heavy atom. The van der Waals surface area contributed by atoms with Gasteiger partial charge in [-0.05, 0) is 19.8 Å². The van der Waals surface area contributed by atoms with Crippen molar-refractivity contribution in [2.75, 3.05) is 6.54 Å². The summed E-state index contributed by atoms with van der Waals surface area (Å²) >= 11 is 5.85. The van der Waals surface area contributed by atoms with Crippen molar-refractivity contribution in [1.29, 1.82) is 0 Å². The summed E-state index contributed by atoms with van der Waals surface area (Å²) < 4.78 is 39.9. The van der Waals surface area contributed by atoms with Crippen LogP contribution in [0.1, 0.15) is 43.1 Å². The Labute approximate surface area is 125 Å². The smallest absolute Gasteiger partial charge is 0.351 e. The zero-order valence-corrected chi connectivity index (χ0v) is 12.1. The van der Waals surface area contributed by atoms with Crippen LogP contribution in [0.3, 0.4) is 0 Å². The first-order valence-corrected chi connectivity index (χ1v) is 6.88. The highest BCUT2D eigenvalue weighted by atomic mass is 35.5. The van der Waals surface area contributed by atoms with Crippen molar-refractivity contribution in [3.63, 3.8) is 0 Å². The summed E-state index contributed by atoms with van der Waals surface area (Å²) in [6.07, 6.45) is -1.64. The zero-order chi connectivity index (χ0) is 15.8. The summed E-state index contributed by atoms with van der Waals surface area (Å²) in [6, 6.07) is -0.867. The number of carbonyl (C=O) groups is 1. The molecule has 0 spiro atoms. The number of nitrogens with zero attached hydrogens (tertiary/aromatic N) is 2. The van der Waals surface area contributed by atoms with Gasteiger partial charge in [0.1, 0.15) is 6.04 Å². The summed E-state index contributed by atoms with van der Waals surface area (Å²) in [7, 11) is 0. The molecule has 0 saturated heterocycles. The minimum Gasteiger partial charge on any atom is -0.351 e. The van der Waals surface area contributed by atoms with E-state index in [1.165, 1.54) is 13.0 Å². The van der Waals surface area contributed by atoms with Gasteiger partial charge in [0.15, 0.2) is 5.69 Å². The molecule has 1 N–H and O–H groups in total. The van der Waals surface area contributed by atoms with Crippen LogP contribution in [-0.4, -0.2) is 22.2 Å². The average Bonchev–Trinajstić information content (AvgIpc) is 3.17. The molecule has 0 radical (unpaired) electrons. The lowest BCUT2D eigenvalue weighted by molar-refractivity contribution is -0.141. The van der Waals surface area contributed by atoms with Gasteiger partial charge >= 0.3 is 6.18 Å². The molecule has 1 unspecified atom stereocenters. The molecule has 1 saturated carbocycles.